The number of nitrogens with one attached hydrogen (secondary N) is 1. The lowest BCUT2D eigenvalue weighted by atomic mass is 10.2. The van der Waals surface area contributed by atoms with E-state index < -0.39 is 0 Å². The van der Waals surface area contributed by atoms with Gasteiger partial charge < -0.3 is 19.7 Å². The lowest BCUT2D eigenvalue weighted by Crippen LogP contribution is -2.20. The average molecular weight is 413 g/mol. The first-order valence-electron chi connectivity index (χ1n) is 9.58. The normalized spacial score (nSPS) is 13.7. The van der Waals surface area contributed by atoms with Gasteiger partial charge in [-0.05, 0) is 44.4 Å². The van der Waals surface area contributed by atoms with Crippen LogP contribution < -0.4 is 19.7 Å². The Balaban J connectivity index is 1.72. The van der Waals surface area contributed by atoms with Gasteiger partial charge >= 0.3 is 0 Å². The SMILES string of the molecule is COc1ccc(NC(=O)c2sc3nc(C)nc(N4CCCC4)c3c2C)c(OC)c1. The summed E-state index contributed by atoms with van der Waals surface area (Å²) >= 11 is 1.40. The second kappa shape index (κ2) is 7.87. The zero-order chi connectivity index (χ0) is 20.5. The summed E-state index contributed by atoms with van der Waals surface area (Å²) in [4.78, 5) is 26.2. The molecular weight excluding hydrogens is 388 g/mol. The molecule has 1 amide bonds. The highest BCUT2D eigenvalue weighted by molar-refractivity contribution is 7.20. The minimum Gasteiger partial charge on any atom is -0.497 e. The maximum atomic E-state index is 13.1. The van der Waals surface area contributed by atoms with E-state index in [-0.39, 0.29) is 5.91 Å². The van der Waals surface area contributed by atoms with Crippen LogP contribution in [0.15, 0.2) is 18.2 Å². The van der Waals surface area contributed by atoms with Gasteiger partial charge in [-0.2, -0.15) is 0 Å². The Morgan fingerprint density at radius 3 is 2.59 bits per heavy atom. The zero-order valence-electron chi connectivity index (χ0n) is 17.0. The molecule has 1 aliphatic heterocycles. The van der Waals surface area contributed by atoms with Crippen LogP contribution in [-0.4, -0.2) is 43.2 Å². The summed E-state index contributed by atoms with van der Waals surface area (Å²) in [6.07, 6.45) is 2.33. The number of rotatable bonds is 5. The third-order valence-corrected chi connectivity index (χ3v) is 6.34. The number of carbonyl (C=O) groups is 1. The zero-order valence-corrected chi connectivity index (χ0v) is 17.9. The van der Waals surface area contributed by atoms with Crippen molar-refractivity contribution in [3.8, 4) is 11.5 Å². The van der Waals surface area contributed by atoms with E-state index in [2.05, 4.69) is 15.2 Å². The molecule has 0 aliphatic carbocycles. The number of hydrogen-bond donors (Lipinski definition) is 1. The Kier molecular flexibility index (Phi) is 5.27. The number of nitrogens with zero attached hydrogens (tertiary/aromatic N) is 3. The Morgan fingerprint density at radius 2 is 1.90 bits per heavy atom. The molecule has 0 spiro atoms. The molecule has 3 heterocycles. The topological polar surface area (TPSA) is 76.6 Å². The van der Waals surface area contributed by atoms with Gasteiger partial charge in [-0.1, -0.05) is 0 Å². The molecule has 152 valence electrons. The molecule has 0 radical (unpaired) electrons. The van der Waals surface area contributed by atoms with Crippen molar-refractivity contribution in [2.24, 2.45) is 0 Å². The van der Waals surface area contributed by atoms with Gasteiger partial charge in [0.25, 0.3) is 5.91 Å². The maximum absolute atomic E-state index is 13.1. The van der Waals surface area contributed by atoms with Crippen molar-refractivity contribution >= 4 is 39.0 Å². The Hall–Kier alpha value is -2.87. The third-order valence-electron chi connectivity index (χ3n) is 5.15. The van der Waals surface area contributed by atoms with Crippen LogP contribution in [0.5, 0.6) is 11.5 Å². The van der Waals surface area contributed by atoms with Crippen LogP contribution in [0.25, 0.3) is 10.2 Å². The molecule has 8 heteroatoms. The van der Waals surface area contributed by atoms with Crippen LogP contribution in [0.1, 0.15) is 33.9 Å². The first-order chi connectivity index (χ1) is 14.0. The first-order valence-corrected chi connectivity index (χ1v) is 10.4. The average Bonchev–Trinajstić information content (AvgIpc) is 3.36. The van der Waals surface area contributed by atoms with Gasteiger partial charge in [0.2, 0.25) is 0 Å². The molecule has 2 aromatic heterocycles. The number of aromatic nitrogens is 2. The molecule has 29 heavy (non-hydrogen) atoms. The number of benzene rings is 1. The highest BCUT2D eigenvalue weighted by Crippen LogP contribution is 2.37. The summed E-state index contributed by atoms with van der Waals surface area (Å²) in [5.74, 6) is 2.70. The number of anilines is 2. The quantitative estimate of drug-likeness (QED) is 0.678. The Bertz CT molecular complexity index is 1070. The van der Waals surface area contributed by atoms with E-state index in [1.54, 1.807) is 32.4 Å². The molecule has 3 aromatic rings. The first kappa shape index (κ1) is 19.4. The number of amides is 1. The second-order valence-electron chi connectivity index (χ2n) is 7.05. The lowest BCUT2D eigenvalue weighted by Gasteiger charge is -2.18. The fraction of sp³-hybridized carbons (Fsp3) is 0.381. The molecular formula is C21H24N4O3S. The second-order valence-corrected chi connectivity index (χ2v) is 8.04. The molecule has 1 aromatic carbocycles. The lowest BCUT2D eigenvalue weighted by molar-refractivity contribution is 0.102. The summed E-state index contributed by atoms with van der Waals surface area (Å²) < 4.78 is 10.6. The Morgan fingerprint density at radius 1 is 1.14 bits per heavy atom. The summed E-state index contributed by atoms with van der Waals surface area (Å²) in [6.45, 7) is 5.85. The van der Waals surface area contributed by atoms with Crippen molar-refractivity contribution in [2.75, 3.05) is 37.5 Å². The fourth-order valence-corrected chi connectivity index (χ4v) is 4.79. The summed E-state index contributed by atoms with van der Waals surface area (Å²) in [5, 5.41) is 3.94. The van der Waals surface area contributed by atoms with E-state index in [1.165, 1.54) is 24.2 Å². The molecule has 0 saturated carbocycles. The number of fused-ring (bicyclic) bond motifs is 1. The van der Waals surface area contributed by atoms with Crippen molar-refractivity contribution in [3.63, 3.8) is 0 Å². The number of thiophene rings is 1. The van der Waals surface area contributed by atoms with E-state index in [0.29, 0.717) is 22.1 Å². The monoisotopic (exact) mass is 412 g/mol. The smallest absolute Gasteiger partial charge is 0.266 e. The largest absolute Gasteiger partial charge is 0.497 e. The third kappa shape index (κ3) is 3.60. The molecule has 0 unspecified atom stereocenters. The standard InChI is InChI=1S/C21H24N4O3S/c1-12-17-19(25-9-5-6-10-25)22-13(2)23-21(17)29-18(12)20(26)24-15-8-7-14(27-3)11-16(15)28-4/h7-8,11H,5-6,9-10H2,1-4H3,(H,24,26). The molecule has 1 fully saturated rings. The molecule has 1 N–H and O–H groups in total. The van der Waals surface area contributed by atoms with Gasteiger partial charge in [-0.15, -0.1) is 11.3 Å². The summed E-state index contributed by atoms with van der Waals surface area (Å²) in [5.41, 5.74) is 1.51. The van der Waals surface area contributed by atoms with Crippen LogP contribution in [0.4, 0.5) is 11.5 Å². The van der Waals surface area contributed by atoms with E-state index in [1.807, 2.05) is 13.8 Å². The predicted molar refractivity (Wildman–Crippen MR) is 116 cm³/mol. The minimum atomic E-state index is -0.181. The van der Waals surface area contributed by atoms with Crippen LogP contribution in [0, 0.1) is 13.8 Å². The van der Waals surface area contributed by atoms with Gasteiger partial charge in [0.05, 0.1) is 30.2 Å². The summed E-state index contributed by atoms with van der Waals surface area (Å²) in [6, 6.07) is 5.31. The summed E-state index contributed by atoms with van der Waals surface area (Å²) in [7, 11) is 3.16. The maximum Gasteiger partial charge on any atom is 0.266 e. The predicted octanol–water partition coefficient (Wildman–Crippen LogP) is 4.18. The van der Waals surface area contributed by atoms with Crippen LogP contribution in [-0.2, 0) is 0 Å². The Labute approximate surface area is 173 Å². The van der Waals surface area contributed by atoms with Crippen LogP contribution in [0.2, 0.25) is 0 Å². The van der Waals surface area contributed by atoms with Crippen LogP contribution in [0.3, 0.4) is 0 Å². The number of aryl methyl sites for hydroxylation is 2. The van der Waals surface area contributed by atoms with Crippen molar-refractivity contribution in [1.29, 1.82) is 0 Å². The van der Waals surface area contributed by atoms with E-state index >= 15 is 0 Å². The van der Waals surface area contributed by atoms with Crippen LogP contribution >= 0.6 is 11.3 Å². The van der Waals surface area contributed by atoms with Gasteiger partial charge in [-0.25, -0.2) is 9.97 Å². The highest BCUT2D eigenvalue weighted by atomic mass is 32.1. The number of methoxy groups -OCH3 is 2. The van der Waals surface area contributed by atoms with Crippen molar-refractivity contribution in [3.05, 3.63) is 34.5 Å². The fourth-order valence-electron chi connectivity index (χ4n) is 3.68. The van der Waals surface area contributed by atoms with Crippen molar-refractivity contribution in [2.45, 2.75) is 26.7 Å². The van der Waals surface area contributed by atoms with Gasteiger partial charge in [0, 0.05) is 19.2 Å². The molecule has 7 nitrogen and oxygen atoms in total. The van der Waals surface area contributed by atoms with Gasteiger partial charge in [0.1, 0.15) is 28.0 Å². The molecule has 0 atom stereocenters. The number of carbonyl (C=O) groups excluding carboxylic acids is 1. The minimum absolute atomic E-state index is 0.181. The van der Waals surface area contributed by atoms with Crippen molar-refractivity contribution in [1.82, 2.24) is 9.97 Å². The number of hydrogen-bond acceptors (Lipinski definition) is 7. The molecule has 1 aliphatic rings. The van der Waals surface area contributed by atoms with Gasteiger partial charge in [0.15, 0.2) is 0 Å². The van der Waals surface area contributed by atoms with Gasteiger partial charge in [-0.3, -0.25) is 4.79 Å². The molecule has 4 rings (SSSR count). The van der Waals surface area contributed by atoms with E-state index in [9.17, 15) is 4.79 Å². The molecule has 1 saturated heterocycles. The highest BCUT2D eigenvalue weighted by Gasteiger charge is 2.24. The van der Waals surface area contributed by atoms with E-state index in [4.69, 9.17) is 14.5 Å². The number of ether oxygens (including phenoxy) is 2. The van der Waals surface area contributed by atoms with Crippen molar-refractivity contribution < 1.29 is 14.3 Å². The van der Waals surface area contributed by atoms with E-state index in [0.717, 1.165) is 40.5 Å². The molecule has 0 bridgehead atoms.